The van der Waals surface area contributed by atoms with Crippen LogP contribution in [-0.4, -0.2) is 54.4 Å². The number of phenols is 1. The summed E-state index contributed by atoms with van der Waals surface area (Å²) in [5.74, 6) is 0.385. The van der Waals surface area contributed by atoms with Crippen LogP contribution in [0.15, 0.2) is 48.0 Å². The molecule has 2 unspecified atom stereocenters. The lowest BCUT2D eigenvalue weighted by Crippen LogP contribution is -2.45. The van der Waals surface area contributed by atoms with Crippen LogP contribution in [0.25, 0.3) is 5.57 Å². The van der Waals surface area contributed by atoms with Gasteiger partial charge in [-0.05, 0) is 80.5 Å². The van der Waals surface area contributed by atoms with Gasteiger partial charge in [-0.15, -0.1) is 0 Å². The van der Waals surface area contributed by atoms with Crippen LogP contribution in [0.5, 0.6) is 11.5 Å². The molecule has 2 fully saturated rings. The average molecular weight is 465 g/mol. The Morgan fingerprint density at radius 1 is 1.00 bits per heavy atom. The monoisotopic (exact) mass is 464 g/mol. The Labute approximate surface area is 200 Å². The molecule has 0 radical (unpaired) electrons. The molecule has 2 bridgehead atoms. The van der Waals surface area contributed by atoms with Crippen molar-refractivity contribution in [2.75, 3.05) is 20.3 Å². The maximum Gasteiger partial charge on any atom is 0.410 e. The number of aromatic hydroxyl groups is 1. The zero-order valence-electron chi connectivity index (χ0n) is 20.0. The van der Waals surface area contributed by atoms with Gasteiger partial charge in [-0.3, -0.25) is 4.79 Å². The second kappa shape index (κ2) is 10.2. The minimum atomic E-state index is -0.229. The first-order valence-corrected chi connectivity index (χ1v) is 11.9. The number of fused-ring (bicyclic) bond motifs is 2. The fourth-order valence-corrected chi connectivity index (χ4v) is 5.17. The molecule has 0 aliphatic carbocycles. The first-order chi connectivity index (χ1) is 16.5. The van der Waals surface area contributed by atoms with E-state index in [2.05, 4.69) is 5.32 Å². The van der Waals surface area contributed by atoms with E-state index < -0.39 is 0 Å². The Morgan fingerprint density at radius 2 is 1.62 bits per heavy atom. The topological polar surface area (TPSA) is 88.1 Å². The zero-order valence-corrected chi connectivity index (χ0v) is 20.0. The van der Waals surface area contributed by atoms with Gasteiger partial charge in [-0.25, -0.2) is 4.79 Å². The Balaban J connectivity index is 1.76. The van der Waals surface area contributed by atoms with Crippen LogP contribution in [0, 0.1) is 0 Å². The Morgan fingerprint density at radius 3 is 2.21 bits per heavy atom. The lowest BCUT2D eigenvalue weighted by atomic mass is 9.85. The largest absolute Gasteiger partial charge is 0.504 e. The summed E-state index contributed by atoms with van der Waals surface area (Å²) in [6.45, 7) is 4.66. The number of piperidine rings is 1. The highest BCUT2D eigenvalue weighted by atomic mass is 16.6. The van der Waals surface area contributed by atoms with Gasteiger partial charge in [0.2, 0.25) is 0 Å². The number of hydrogen-bond donors (Lipinski definition) is 2. The van der Waals surface area contributed by atoms with Crippen molar-refractivity contribution in [3.8, 4) is 11.5 Å². The summed E-state index contributed by atoms with van der Waals surface area (Å²) in [6.07, 6.45) is 3.19. The molecule has 2 N–H and O–H groups in total. The lowest BCUT2D eigenvalue weighted by Gasteiger charge is -2.36. The fourth-order valence-electron chi connectivity index (χ4n) is 5.17. The average Bonchev–Trinajstić information content (AvgIpc) is 3.11. The van der Waals surface area contributed by atoms with Gasteiger partial charge in [-0.2, -0.15) is 0 Å². The molecule has 7 nitrogen and oxygen atoms in total. The number of methoxy groups -OCH3 is 1. The number of phenolic OH excluding ortho intramolecular Hbond substituents is 1. The van der Waals surface area contributed by atoms with Crippen LogP contribution in [0.4, 0.5) is 4.79 Å². The van der Waals surface area contributed by atoms with Crippen molar-refractivity contribution >= 4 is 17.6 Å². The Kier molecular flexibility index (Phi) is 7.10. The zero-order chi connectivity index (χ0) is 24.2. The molecular weight excluding hydrogens is 432 g/mol. The van der Waals surface area contributed by atoms with E-state index in [4.69, 9.17) is 9.47 Å². The van der Waals surface area contributed by atoms with E-state index in [9.17, 15) is 14.7 Å². The standard InChI is InChI=1S/C27H32N2O5/c1-4-28-26(31)18-8-6-17(7-9-18)25(19-10-13-23(30)24(16-19)33-3)20-14-21-11-12-22(15-20)29(21)27(32)34-5-2/h6-10,13,16,21-22,30H,4-5,11-12,14-15H2,1-3H3,(H,28,31). The van der Waals surface area contributed by atoms with Crippen molar-refractivity contribution in [1.29, 1.82) is 0 Å². The predicted octanol–water partition coefficient (Wildman–Crippen LogP) is 4.74. The lowest BCUT2D eigenvalue weighted by molar-refractivity contribution is 0.0814. The highest BCUT2D eigenvalue weighted by Gasteiger charge is 2.43. The molecular formula is C27H32N2O5. The Bertz CT molecular complexity index is 1080. The van der Waals surface area contributed by atoms with E-state index in [-0.39, 0.29) is 29.8 Å². The molecule has 2 aliphatic heterocycles. The van der Waals surface area contributed by atoms with E-state index in [1.165, 1.54) is 12.7 Å². The summed E-state index contributed by atoms with van der Waals surface area (Å²) in [6, 6.07) is 13.2. The van der Waals surface area contributed by atoms with Crippen molar-refractivity contribution in [3.63, 3.8) is 0 Å². The van der Waals surface area contributed by atoms with Crippen molar-refractivity contribution in [2.24, 2.45) is 0 Å². The number of nitrogens with zero attached hydrogens (tertiary/aromatic N) is 1. The third-order valence-electron chi connectivity index (χ3n) is 6.66. The number of hydrogen-bond acceptors (Lipinski definition) is 5. The molecule has 34 heavy (non-hydrogen) atoms. The third-order valence-corrected chi connectivity index (χ3v) is 6.66. The van der Waals surface area contributed by atoms with Gasteiger partial charge in [0.1, 0.15) is 0 Å². The van der Waals surface area contributed by atoms with Crippen LogP contribution < -0.4 is 10.1 Å². The molecule has 2 atom stereocenters. The molecule has 2 heterocycles. The van der Waals surface area contributed by atoms with Crippen molar-refractivity contribution in [1.82, 2.24) is 10.2 Å². The highest BCUT2D eigenvalue weighted by molar-refractivity contribution is 5.95. The molecule has 2 saturated heterocycles. The molecule has 2 amide bonds. The van der Waals surface area contributed by atoms with Crippen molar-refractivity contribution < 1.29 is 24.2 Å². The maximum atomic E-state index is 12.6. The molecule has 0 aromatic heterocycles. The molecule has 0 spiro atoms. The second-order valence-electron chi connectivity index (χ2n) is 8.70. The molecule has 4 rings (SSSR count). The predicted molar refractivity (Wildman–Crippen MR) is 130 cm³/mol. The third kappa shape index (κ3) is 4.60. The highest BCUT2D eigenvalue weighted by Crippen LogP contribution is 2.44. The van der Waals surface area contributed by atoms with Gasteiger partial charge in [0.15, 0.2) is 11.5 Å². The van der Waals surface area contributed by atoms with E-state index in [0.29, 0.717) is 24.5 Å². The number of ether oxygens (including phenoxy) is 2. The van der Waals surface area contributed by atoms with E-state index in [1.54, 1.807) is 6.07 Å². The van der Waals surface area contributed by atoms with Crippen molar-refractivity contribution in [3.05, 3.63) is 64.7 Å². The van der Waals surface area contributed by atoms with E-state index >= 15 is 0 Å². The van der Waals surface area contributed by atoms with Crippen LogP contribution in [0.3, 0.4) is 0 Å². The van der Waals surface area contributed by atoms with Gasteiger partial charge in [0.05, 0.1) is 13.7 Å². The van der Waals surface area contributed by atoms with Gasteiger partial charge < -0.3 is 24.8 Å². The summed E-state index contributed by atoms with van der Waals surface area (Å²) in [4.78, 5) is 26.7. The molecule has 2 aromatic carbocycles. The number of amides is 2. The van der Waals surface area contributed by atoms with Gasteiger partial charge in [0, 0.05) is 24.2 Å². The first-order valence-electron chi connectivity index (χ1n) is 11.9. The SMILES string of the molecule is CCNC(=O)c1ccc(C(=C2CC3CCC(C2)N3C(=O)OCC)c2ccc(O)c(OC)c2)cc1. The summed E-state index contributed by atoms with van der Waals surface area (Å²) < 4.78 is 10.7. The van der Waals surface area contributed by atoms with Gasteiger partial charge in [0.25, 0.3) is 5.91 Å². The van der Waals surface area contributed by atoms with Crippen LogP contribution in [0.1, 0.15) is 61.0 Å². The van der Waals surface area contributed by atoms with E-state index in [1.807, 2.05) is 55.1 Å². The molecule has 180 valence electrons. The smallest absolute Gasteiger partial charge is 0.410 e. The van der Waals surface area contributed by atoms with Crippen LogP contribution in [0.2, 0.25) is 0 Å². The van der Waals surface area contributed by atoms with Crippen molar-refractivity contribution in [2.45, 2.75) is 51.6 Å². The first kappa shape index (κ1) is 23.7. The minimum absolute atomic E-state index is 0.0828. The molecule has 2 aliphatic rings. The molecule has 7 heteroatoms. The number of benzene rings is 2. The Hall–Kier alpha value is -3.48. The minimum Gasteiger partial charge on any atom is -0.504 e. The normalized spacial score (nSPS) is 19.0. The second-order valence-corrected chi connectivity index (χ2v) is 8.70. The number of carbonyl (C=O) groups is 2. The van der Waals surface area contributed by atoms with Crippen LogP contribution in [-0.2, 0) is 4.74 Å². The quantitative estimate of drug-likeness (QED) is 0.645. The van der Waals surface area contributed by atoms with Gasteiger partial charge in [-0.1, -0.05) is 23.8 Å². The summed E-state index contributed by atoms with van der Waals surface area (Å²) in [7, 11) is 1.53. The number of carbonyl (C=O) groups excluding carboxylic acids is 2. The number of nitrogens with one attached hydrogen (secondary N) is 1. The summed E-state index contributed by atoms with van der Waals surface area (Å²) >= 11 is 0. The molecule has 0 saturated carbocycles. The molecule has 2 aromatic rings. The summed E-state index contributed by atoms with van der Waals surface area (Å²) in [5.41, 5.74) is 4.84. The van der Waals surface area contributed by atoms with Gasteiger partial charge >= 0.3 is 6.09 Å². The van der Waals surface area contributed by atoms with Crippen LogP contribution >= 0.6 is 0 Å². The maximum absolute atomic E-state index is 12.6. The fraction of sp³-hybridized carbons (Fsp3) is 0.407. The van der Waals surface area contributed by atoms with E-state index in [0.717, 1.165) is 42.4 Å². The summed E-state index contributed by atoms with van der Waals surface area (Å²) in [5, 5.41) is 13.0. The number of rotatable bonds is 6.